The van der Waals surface area contributed by atoms with E-state index in [4.69, 9.17) is 0 Å². The number of amides is 1. The van der Waals surface area contributed by atoms with Gasteiger partial charge in [0, 0.05) is 18.8 Å². The molecule has 0 fully saturated rings. The van der Waals surface area contributed by atoms with Crippen molar-refractivity contribution in [2.75, 3.05) is 0 Å². The van der Waals surface area contributed by atoms with Gasteiger partial charge in [0.1, 0.15) is 5.82 Å². The van der Waals surface area contributed by atoms with Gasteiger partial charge >= 0.3 is 0 Å². The van der Waals surface area contributed by atoms with Crippen LogP contribution in [0.1, 0.15) is 45.1 Å². The van der Waals surface area contributed by atoms with Gasteiger partial charge in [-0.05, 0) is 33.3 Å². The van der Waals surface area contributed by atoms with Crippen molar-refractivity contribution < 1.29 is 4.79 Å². The molecule has 2 unspecified atom stereocenters. The number of carbonyl (C=O) groups is 1. The molecule has 0 radical (unpaired) electrons. The van der Waals surface area contributed by atoms with E-state index in [-0.39, 0.29) is 18.0 Å². The van der Waals surface area contributed by atoms with Gasteiger partial charge in [-0.25, -0.2) is 9.97 Å². The molecule has 0 aromatic carbocycles. The molecule has 0 aliphatic heterocycles. The van der Waals surface area contributed by atoms with Crippen molar-refractivity contribution in [2.24, 2.45) is 0 Å². The predicted molar refractivity (Wildman–Crippen MR) is 75.6 cm³/mol. The van der Waals surface area contributed by atoms with Crippen LogP contribution in [0.2, 0.25) is 0 Å². The molecule has 0 saturated heterocycles. The van der Waals surface area contributed by atoms with Gasteiger partial charge < -0.3 is 10.6 Å². The first-order chi connectivity index (χ1) is 9.02. The van der Waals surface area contributed by atoms with Gasteiger partial charge in [0.2, 0.25) is 5.91 Å². The number of nitrogens with one attached hydrogen (secondary N) is 2. The summed E-state index contributed by atoms with van der Waals surface area (Å²) in [7, 11) is 0. The average Bonchev–Trinajstić information content (AvgIpc) is 2.36. The molecule has 0 bridgehead atoms. The van der Waals surface area contributed by atoms with Crippen molar-refractivity contribution in [1.29, 1.82) is 0 Å². The van der Waals surface area contributed by atoms with Crippen LogP contribution in [0.4, 0.5) is 0 Å². The van der Waals surface area contributed by atoms with Gasteiger partial charge in [-0.15, -0.1) is 0 Å². The van der Waals surface area contributed by atoms with Gasteiger partial charge in [0.15, 0.2) is 0 Å². The molecule has 5 heteroatoms. The second kappa shape index (κ2) is 7.84. The van der Waals surface area contributed by atoms with Crippen molar-refractivity contribution in [3.8, 4) is 0 Å². The standard InChI is InChI=1S/C14H24N4O/c1-5-6-10(2)17-14(19)11(3)16-9-13-7-8-15-12(4)18-13/h7-8,10-11,16H,5-6,9H2,1-4H3,(H,17,19). The van der Waals surface area contributed by atoms with E-state index >= 15 is 0 Å². The SMILES string of the molecule is CCCC(C)NC(=O)C(C)NCc1ccnc(C)n1. The summed E-state index contributed by atoms with van der Waals surface area (Å²) in [5, 5.41) is 6.17. The van der Waals surface area contributed by atoms with Crippen LogP contribution < -0.4 is 10.6 Å². The Morgan fingerprint density at radius 1 is 1.42 bits per heavy atom. The van der Waals surface area contributed by atoms with Crippen molar-refractivity contribution in [3.63, 3.8) is 0 Å². The third-order valence-corrected chi connectivity index (χ3v) is 2.93. The Morgan fingerprint density at radius 2 is 2.16 bits per heavy atom. The third kappa shape index (κ3) is 5.79. The number of rotatable bonds is 7. The lowest BCUT2D eigenvalue weighted by atomic mass is 10.2. The molecular formula is C14H24N4O. The van der Waals surface area contributed by atoms with E-state index < -0.39 is 0 Å². The number of hydrogen-bond donors (Lipinski definition) is 2. The minimum absolute atomic E-state index is 0.0340. The van der Waals surface area contributed by atoms with Crippen molar-refractivity contribution in [3.05, 3.63) is 23.8 Å². The Morgan fingerprint density at radius 3 is 2.79 bits per heavy atom. The van der Waals surface area contributed by atoms with E-state index in [1.807, 2.05) is 26.8 Å². The van der Waals surface area contributed by atoms with Crippen molar-refractivity contribution in [1.82, 2.24) is 20.6 Å². The zero-order chi connectivity index (χ0) is 14.3. The molecule has 1 heterocycles. The topological polar surface area (TPSA) is 66.9 Å². The maximum atomic E-state index is 11.9. The Balaban J connectivity index is 2.38. The van der Waals surface area contributed by atoms with E-state index in [9.17, 15) is 4.79 Å². The van der Waals surface area contributed by atoms with Gasteiger partial charge in [0.25, 0.3) is 0 Å². The van der Waals surface area contributed by atoms with Gasteiger partial charge in [0.05, 0.1) is 11.7 Å². The average molecular weight is 264 g/mol. The van der Waals surface area contributed by atoms with E-state index in [1.165, 1.54) is 0 Å². The molecule has 1 aromatic rings. The Labute approximate surface area is 115 Å². The van der Waals surface area contributed by atoms with Gasteiger partial charge in [-0.1, -0.05) is 13.3 Å². The zero-order valence-corrected chi connectivity index (χ0v) is 12.2. The minimum Gasteiger partial charge on any atom is -0.352 e. The van der Waals surface area contributed by atoms with E-state index in [0.29, 0.717) is 6.54 Å². The van der Waals surface area contributed by atoms with Gasteiger partial charge in [-0.2, -0.15) is 0 Å². The van der Waals surface area contributed by atoms with Crippen molar-refractivity contribution in [2.45, 2.75) is 59.2 Å². The predicted octanol–water partition coefficient (Wildman–Crippen LogP) is 1.57. The van der Waals surface area contributed by atoms with Crippen LogP contribution in [-0.4, -0.2) is 28.0 Å². The highest BCUT2D eigenvalue weighted by Crippen LogP contribution is 1.98. The fourth-order valence-electron chi connectivity index (χ4n) is 1.83. The largest absolute Gasteiger partial charge is 0.352 e. The maximum absolute atomic E-state index is 11.9. The second-order valence-corrected chi connectivity index (χ2v) is 4.90. The molecule has 2 atom stereocenters. The molecule has 0 aliphatic carbocycles. The lowest BCUT2D eigenvalue weighted by molar-refractivity contribution is -0.123. The van der Waals surface area contributed by atoms with Crippen LogP contribution in [0.3, 0.4) is 0 Å². The lowest BCUT2D eigenvalue weighted by Gasteiger charge is -2.18. The summed E-state index contributed by atoms with van der Waals surface area (Å²) < 4.78 is 0. The fourth-order valence-corrected chi connectivity index (χ4v) is 1.83. The van der Waals surface area contributed by atoms with Crippen molar-refractivity contribution >= 4 is 5.91 Å². The summed E-state index contributed by atoms with van der Waals surface area (Å²) >= 11 is 0. The summed E-state index contributed by atoms with van der Waals surface area (Å²) in [6.45, 7) is 8.43. The Hall–Kier alpha value is -1.49. The highest BCUT2D eigenvalue weighted by Gasteiger charge is 2.14. The molecule has 0 saturated carbocycles. The fraction of sp³-hybridized carbons (Fsp3) is 0.643. The molecule has 1 amide bonds. The minimum atomic E-state index is -0.227. The summed E-state index contributed by atoms with van der Waals surface area (Å²) in [6, 6.07) is 1.85. The number of aromatic nitrogens is 2. The summed E-state index contributed by atoms with van der Waals surface area (Å²) in [4.78, 5) is 20.2. The number of hydrogen-bond acceptors (Lipinski definition) is 4. The zero-order valence-electron chi connectivity index (χ0n) is 12.2. The van der Waals surface area contributed by atoms with E-state index in [2.05, 4.69) is 27.5 Å². The summed E-state index contributed by atoms with van der Waals surface area (Å²) in [6.07, 6.45) is 3.81. The lowest BCUT2D eigenvalue weighted by Crippen LogP contribution is -2.45. The molecule has 0 spiro atoms. The first-order valence-electron chi connectivity index (χ1n) is 6.85. The second-order valence-electron chi connectivity index (χ2n) is 4.90. The first-order valence-corrected chi connectivity index (χ1v) is 6.85. The van der Waals surface area contributed by atoms with Crippen LogP contribution in [0.5, 0.6) is 0 Å². The summed E-state index contributed by atoms with van der Waals surface area (Å²) in [5.41, 5.74) is 0.897. The smallest absolute Gasteiger partial charge is 0.237 e. The van der Waals surface area contributed by atoms with E-state index in [0.717, 1.165) is 24.4 Å². The van der Waals surface area contributed by atoms with E-state index in [1.54, 1.807) is 6.20 Å². The molecule has 0 aliphatic rings. The normalized spacial score (nSPS) is 13.9. The van der Waals surface area contributed by atoms with Crippen LogP contribution in [0.15, 0.2) is 12.3 Å². The van der Waals surface area contributed by atoms with Crippen LogP contribution in [-0.2, 0) is 11.3 Å². The number of aryl methyl sites for hydroxylation is 1. The molecular weight excluding hydrogens is 240 g/mol. The highest BCUT2D eigenvalue weighted by molar-refractivity contribution is 5.81. The number of carbonyl (C=O) groups excluding carboxylic acids is 1. The third-order valence-electron chi connectivity index (χ3n) is 2.93. The molecule has 5 nitrogen and oxygen atoms in total. The molecule has 2 N–H and O–H groups in total. The Kier molecular flexibility index (Phi) is 6.42. The molecule has 19 heavy (non-hydrogen) atoms. The summed E-state index contributed by atoms with van der Waals surface area (Å²) in [5.74, 6) is 0.778. The molecule has 106 valence electrons. The molecule has 1 rings (SSSR count). The van der Waals surface area contributed by atoms with Gasteiger partial charge in [-0.3, -0.25) is 4.79 Å². The van der Waals surface area contributed by atoms with Crippen LogP contribution in [0.25, 0.3) is 0 Å². The van der Waals surface area contributed by atoms with Crippen LogP contribution >= 0.6 is 0 Å². The maximum Gasteiger partial charge on any atom is 0.237 e. The Bertz CT molecular complexity index is 408. The monoisotopic (exact) mass is 264 g/mol. The first kappa shape index (κ1) is 15.6. The number of nitrogens with zero attached hydrogens (tertiary/aromatic N) is 2. The molecule has 1 aromatic heterocycles. The highest BCUT2D eigenvalue weighted by atomic mass is 16.2. The van der Waals surface area contributed by atoms with Crippen LogP contribution in [0, 0.1) is 6.92 Å². The quantitative estimate of drug-likeness (QED) is 0.784.